The van der Waals surface area contributed by atoms with E-state index >= 15 is 0 Å². The van der Waals surface area contributed by atoms with Gasteiger partial charge in [0, 0.05) is 17.7 Å². The van der Waals surface area contributed by atoms with Gasteiger partial charge in [-0.25, -0.2) is 0 Å². The molecule has 78 valence electrons. The molecule has 1 aromatic carbocycles. The molecule has 0 saturated carbocycles. The van der Waals surface area contributed by atoms with Crippen LogP contribution in [0, 0.1) is 5.92 Å². The summed E-state index contributed by atoms with van der Waals surface area (Å²) in [5, 5.41) is 3.46. The lowest BCUT2D eigenvalue weighted by Gasteiger charge is -2.37. The van der Waals surface area contributed by atoms with Crippen LogP contribution in [0.3, 0.4) is 0 Å². The first-order valence-corrected chi connectivity index (χ1v) is 6.30. The molecule has 0 bridgehead atoms. The van der Waals surface area contributed by atoms with E-state index in [9.17, 15) is 0 Å². The Kier molecular flexibility index (Phi) is 2.31. The molecule has 1 saturated heterocycles. The summed E-state index contributed by atoms with van der Waals surface area (Å²) in [5.74, 6) is 1.70. The molecule has 3 heteroatoms. The molecule has 3 N–H and O–H groups in total. The number of hydrogen-bond acceptors (Lipinski definition) is 3. The van der Waals surface area contributed by atoms with E-state index in [1.54, 1.807) is 11.8 Å². The molecule has 2 nitrogen and oxygen atoms in total. The van der Waals surface area contributed by atoms with Crippen molar-refractivity contribution in [3.05, 3.63) is 41.5 Å². The van der Waals surface area contributed by atoms with Crippen LogP contribution in [-0.4, -0.2) is 11.3 Å². The van der Waals surface area contributed by atoms with Crippen LogP contribution in [0.5, 0.6) is 0 Å². The molecule has 1 aliphatic heterocycles. The van der Waals surface area contributed by atoms with Gasteiger partial charge in [0.2, 0.25) is 0 Å². The molecule has 0 spiro atoms. The molecule has 3 unspecified atom stereocenters. The van der Waals surface area contributed by atoms with Crippen molar-refractivity contribution in [1.82, 2.24) is 5.32 Å². The van der Waals surface area contributed by atoms with E-state index in [2.05, 4.69) is 41.7 Å². The van der Waals surface area contributed by atoms with E-state index in [0.29, 0.717) is 12.0 Å². The molecule has 15 heavy (non-hydrogen) atoms. The number of nitrogens with two attached hydrogens (primary N) is 1. The highest BCUT2D eigenvalue weighted by Crippen LogP contribution is 2.37. The van der Waals surface area contributed by atoms with Crippen molar-refractivity contribution in [2.24, 2.45) is 11.7 Å². The highest BCUT2D eigenvalue weighted by Gasteiger charge is 2.31. The number of hydrogen-bond donors (Lipinski definition) is 2. The smallest absolute Gasteiger partial charge is 0.103 e. The maximum Gasteiger partial charge on any atom is 0.103 e. The van der Waals surface area contributed by atoms with Crippen LogP contribution in [0.15, 0.2) is 30.3 Å². The van der Waals surface area contributed by atoms with E-state index in [1.165, 1.54) is 11.1 Å². The van der Waals surface area contributed by atoms with E-state index in [1.807, 2.05) is 0 Å². The highest BCUT2D eigenvalue weighted by atomic mass is 32.2. The second-order valence-corrected chi connectivity index (χ2v) is 5.22. The molecule has 1 aromatic rings. The SMILES string of the molecule is NC1NC2c3ccccc3C=CC2CS1. The van der Waals surface area contributed by atoms with E-state index in [4.69, 9.17) is 5.73 Å². The van der Waals surface area contributed by atoms with Crippen LogP contribution in [-0.2, 0) is 0 Å². The molecular weight excluding hydrogens is 204 g/mol. The van der Waals surface area contributed by atoms with Crippen LogP contribution < -0.4 is 11.1 Å². The second-order valence-electron chi connectivity index (χ2n) is 4.05. The third kappa shape index (κ3) is 1.61. The first-order valence-electron chi connectivity index (χ1n) is 5.25. The molecule has 2 aliphatic rings. The van der Waals surface area contributed by atoms with Crippen LogP contribution in [0.1, 0.15) is 17.2 Å². The largest absolute Gasteiger partial charge is 0.307 e. The standard InChI is InChI=1S/C12H14N2S/c13-12-14-11-9(7-15-12)6-5-8-3-1-2-4-10(8)11/h1-6,9,11-12,14H,7,13H2. The maximum absolute atomic E-state index is 5.93. The normalized spacial score (nSPS) is 33.3. The summed E-state index contributed by atoms with van der Waals surface area (Å²) in [4.78, 5) is 0. The van der Waals surface area contributed by atoms with Gasteiger partial charge in [-0.3, -0.25) is 5.32 Å². The summed E-state index contributed by atoms with van der Waals surface area (Å²) in [6, 6.07) is 8.95. The molecule has 1 aliphatic carbocycles. The van der Waals surface area contributed by atoms with Gasteiger partial charge in [0.05, 0.1) is 0 Å². The topological polar surface area (TPSA) is 38.0 Å². The van der Waals surface area contributed by atoms with E-state index in [-0.39, 0.29) is 5.50 Å². The monoisotopic (exact) mass is 218 g/mol. The summed E-state index contributed by atoms with van der Waals surface area (Å²) in [7, 11) is 0. The molecule has 0 amide bonds. The van der Waals surface area contributed by atoms with Crippen LogP contribution in [0.25, 0.3) is 6.08 Å². The van der Waals surface area contributed by atoms with Gasteiger partial charge in [-0.15, -0.1) is 11.8 Å². The van der Waals surface area contributed by atoms with Crippen molar-refractivity contribution < 1.29 is 0 Å². The first-order chi connectivity index (χ1) is 7.34. The van der Waals surface area contributed by atoms with Gasteiger partial charge >= 0.3 is 0 Å². The van der Waals surface area contributed by atoms with Crippen molar-refractivity contribution in [3.8, 4) is 0 Å². The average molecular weight is 218 g/mol. The summed E-state index contributed by atoms with van der Waals surface area (Å²) >= 11 is 1.79. The second kappa shape index (κ2) is 3.67. The third-order valence-corrected chi connectivity index (χ3v) is 4.17. The lowest BCUT2D eigenvalue weighted by atomic mass is 9.85. The number of benzene rings is 1. The zero-order valence-corrected chi connectivity index (χ0v) is 9.21. The van der Waals surface area contributed by atoms with Crippen molar-refractivity contribution in [3.63, 3.8) is 0 Å². The van der Waals surface area contributed by atoms with Crippen molar-refractivity contribution >= 4 is 17.8 Å². The lowest BCUT2D eigenvalue weighted by Crippen LogP contribution is -2.45. The Bertz CT molecular complexity index is 402. The predicted molar refractivity (Wildman–Crippen MR) is 65.3 cm³/mol. The lowest BCUT2D eigenvalue weighted by molar-refractivity contribution is 0.421. The van der Waals surface area contributed by atoms with Crippen molar-refractivity contribution in [2.45, 2.75) is 11.5 Å². The first kappa shape index (κ1) is 9.46. The fraction of sp³-hybridized carbons (Fsp3) is 0.333. The van der Waals surface area contributed by atoms with Crippen molar-refractivity contribution in [2.75, 3.05) is 5.75 Å². The minimum absolute atomic E-state index is 0.0748. The zero-order chi connectivity index (χ0) is 10.3. The number of fused-ring (bicyclic) bond motifs is 3. The molecule has 3 rings (SSSR count). The molecule has 3 atom stereocenters. The number of rotatable bonds is 0. The summed E-state index contributed by atoms with van der Waals surface area (Å²) in [6.07, 6.45) is 4.54. The van der Waals surface area contributed by atoms with Crippen LogP contribution >= 0.6 is 11.8 Å². The van der Waals surface area contributed by atoms with Gasteiger partial charge in [0.1, 0.15) is 5.50 Å². The Morgan fingerprint density at radius 2 is 2.20 bits per heavy atom. The summed E-state index contributed by atoms with van der Waals surface area (Å²) in [6.45, 7) is 0. The Balaban J connectivity index is 2.01. The van der Waals surface area contributed by atoms with Gasteiger partial charge in [-0.2, -0.15) is 0 Å². The van der Waals surface area contributed by atoms with Crippen LogP contribution in [0.2, 0.25) is 0 Å². The third-order valence-electron chi connectivity index (χ3n) is 3.09. The van der Waals surface area contributed by atoms with Crippen LogP contribution in [0.4, 0.5) is 0 Å². The van der Waals surface area contributed by atoms with Gasteiger partial charge in [-0.05, 0) is 11.1 Å². The molecule has 1 heterocycles. The Hall–Kier alpha value is -0.770. The number of thioether (sulfide) groups is 1. The molecule has 0 aromatic heterocycles. The number of nitrogens with one attached hydrogen (secondary N) is 1. The Labute approximate surface area is 93.9 Å². The minimum atomic E-state index is 0.0748. The minimum Gasteiger partial charge on any atom is -0.307 e. The van der Waals surface area contributed by atoms with Gasteiger partial charge < -0.3 is 5.73 Å². The Morgan fingerprint density at radius 3 is 3.13 bits per heavy atom. The fourth-order valence-corrected chi connectivity index (χ4v) is 3.30. The maximum atomic E-state index is 5.93. The molecule has 1 fully saturated rings. The fourth-order valence-electron chi connectivity index (χ4n) is 2.32. The highest BCUT2D eigenvalue weighted by molar-refractivity contribution is 7.99. The quantitative estimate of drug-likeness (QED) is 0.699. The summed E-state index contributed by atoms with van der Waals surface area (Å²) in [5.41, 5.74) is 8.72. The van der Waals surface area contributed by atoms with Gasteiger partial charge in [-0.1, -0.05) is 36.4 Å². The average Bonchev–Trinajstić information content (AvgIpc) is 2.29. The van der Waals surface area contributed by atoms with Crippen molar-refractivity contribution in [1.29, 1.82) is 0 Å². The van der Waals surface area contributed by atoms with E-state index in [0.717, 1.165) is 5.75 Å². The molecular formula is C12H14N2S. The zero-order valence-electron chi connectivity index (χ0n) is 8.39. The molecule has 0 radical (unpaired) electrons. The van der Waals surface area contributed by atoms with Gasteiger partial charge in [0.25, 0.3) is 0 Å². The van der Waals surface area contributed by atoms with Gasteiger partial charge in [0.15, 0.2) is 0 Å². The predicted octanol–water partition coefficient (Wildman–Crippen LogP) is 1.95. The van der Waals surface area contributed by atoms with E-state index < -0.39 is 0 Å². The Morgan fingerprint density at radius 1 is 1.33 bits per heavy atom. The summed E-state index contributed by atoms with van der Waals surface area (Å²) < 4.78 is 0.